The molecule has 0 N–H and O–H groups in total. The van der Waals surface area contributed by atoms with Gasteiger partial charge in [-0.25, -0.2) is 4.99 Å². The van der Waals surface area contributed by atoms with Gasteiger partial charge in [-0.3, -0.25) is 0 Å². The van der Waals surface area contributed by atoms with Crippen LogP contribution < -0.4 is 0 Å². The largest absolute Gasteiger partial charge is 0.477 e. The second-order valence-electron chi connectivity index (χ2n) is 3.49. The van der Waals surface area contributed by atoms with Crippen LogP contribution in [0.2, 0.25) is 0 Å². The molecule has 1 aromatic rings. The second kappa shape index (κ2) is 4.78. The van der Waals surface area contributed by atoms with Crippen LogP contribution in [0.3, 0.4) is 0 Å². The van der Waals surface area contributed by atoms with Crippen LogP contribution in [-0.2, 0) is 4.74 Å². The van der Waals surface area contributed by atoms with E-state index in [1.165, 1.54) is 5.57 Å². The van der Waals surface area contributed by atoms with Crippen molar-refractivity contribution in [3.05, 3.63) is 42.0 Å². The molecule has 0 atom stereocenters. The number of aliphatic imine (C=N–C) groups is 1. The molecule has 15 heavy (non-hydrogen) atoms. The molecule has 0 aromatic heterocycles. The van der Waals surface area contributed by atoms with Crippen LogP contribution >= 0.6 is 0 Å². The molecule has 2 rings (SSSR count). The molecule has 1 saturated heterocycles. The smallest absolute Gasteiger partial charge is 0.216 e. The molecular formula is C13H15NO. The predicted octanol–water partition coefficient (Wildman–Crippen LogP) is 3.47. The molecule has 1 aliphatic heterocycles. The zero-order valence-corrected chi connectivity index (χ0v) is 8.94. The van der Waals surface area contributed by atoms with Gasteiger partial charge in [0, 0.05) is 12.0 Å². The molecule has 78 valence electrons. The van der Waals surface area contributed by atoms with Gasteiger partial charge in [-0.15, -0.1) is 0 Å². The van der Waals surface area contributed by atoms with Crippen LogP contribution in [0.15, 0.2) is 47.0 Å². The minimum Gasteiger partial charge on any atom is -0.477 e. The van der Waals surface area contributed by atoms with E-state index < -0.39 is 0 Å². The van der Waals surface area contributed by atoms with Crippen molar-refractivity contribution in [2.24, 2.45) is 4.99 Å². The normalized spacial score (nSPS) is 20.9. The maximum Gasteiger partial charge on any atom is 0.216 e. The zero-order valence-electron chi connectivity index (χ0n) is 8.94. The van der Waals surface area contributed by atoms with E-state index in [1.54, 1.807) is 0 Å². The Balaban J connectivity index is 2.23. The highest BCUT2D eigenvalue weighted by molar-refractivity contribution is 5.96. The first-order valence-electron chi connectivity index (χ1n) is 5.36. The fraction of sp³-hybridized carbons (Fsp3) is 0.308. The predicted molar refractivity (Wildman–Crippen MR) is 62.5 cm³/mol. The van der Waals surface area contributed by atoms with Crippen molar-refractivity contribution in [3.8, 4) is 0 Å². The Morgan fingerprint density at radius 3 is 2.87 bits per heavy atom. The lowest BCUT2D eigenvalue weighted by atomic mass is 10.2. The van der Waals surface area contributed by atoms with Gasteiger partial charge in [0.15, 0.2) is 0 Å². The van der Waals surface area contributed by atoms with Gasteiger partial charge < -0.3 is 4.74 Å². The molecule has 0 saturated carbocycles. The molecule has 0 amide bonds. The van der Waals surface area contributed by atoms with Crippen LogP contribution in [0.1, 0.15) is 19.8 Å². The van der Waals surface area contributed by atoms with E-state index in [0.29, 0.717) is 0 Å². The number of ether oxygens (including phenoxy) is 1. The minimum atomic E-state index is 0.761. The van der Waals surface area contributed by atoms with Gasteiger partial charge >= 0.3 is 0 Å². The van der Waals surface area contributed by atoms with Crippen molar-refractivity contribution in [3.63, 3.8) is 0 Å². The number of nitrogens with zero attached hydrogens (tertiary/aromatic N) is 1. The van der Waals surface area contributed by atoms with Gasteiger partial charge in [0.1, 0.15) is 0 Å². The minimum absolute atomic E-state index is 0.761. The number of hydrogen-bond donors (Lipinski definition) is 0. The molecule has 0 radical (unpaired) electrons. The lowest BCUT2D eigenvalue weighted by Crippen LogP contribution is -1.95. The summed E-state index contributed by atoms with van der Waals surface area (Å²) in [5.41, 5.74) is 2.19. The molecular weight excluding hydrogens is 186 g/mol. The van der Waals surface area contributed by atoms with Gasteiger partial charge in [0.25, 0.3) is 0 Å². The molecule has 2 heteroatoms. The number of benzene rings is 1. The first-order chi connectivity index (χ1) is 7.40. The van der Waals surface area contributed by atoms with Crippen molar-refractivity contribution >= 4 is 11.6 Å². The van der Waals surface area contributed by atoms with Crippen LogP contribution in [0.25, 0.3) is 0 Å². The lowest BCUT2D eigenvalue weighted by molar-refractivity contribution is 0.344. The Bertz CT molecular complexity index is 379. The van der Waals surface area contributed by atoms with Crippen molar-refractivity contribution in [1.82, 2.24) is 0 Å². The van der Waals surface area contributed by atoms with Gasteiger partial charge in [0.2, 0.25) is 5.90 Å². The molecule has 1 aromatic carbocycles. The molecule has 0 spiro atoms. The molecule has 0 unspecified atom stereocenters. The Morgan fingerprint density at radius 1 is 1.33 bits per heavy atom. The first kappa shape index (κ1) is 9.97. The highest BCUT2D eigenvalue weighted by atomic mass is 16.5. The number of hydrogen-bond acceptors (Lipinski definition) is 2. The average Bonchev–Trinajstić information content (AvgIpc) is 2.68. The molecule has 2 nitrogen and oxygen atoms in total. The standard InChI is InChI=1S/C13H15NO/c1-2-6-11-9-10-15-13(11)14-12-7-4-3-5-8-12/h3-8H,2,9-10H2,1H3/b11-6+,14-13-. The summed E-state index contributed by atoms with van der Waals surface area (Å²) >= 11 is 0. The summed E-state index contributed by atoms with van der Waals surface area (Å²) in [6, 6.07) is 9.92. The van der Waals surface area contributed by atoms with Crippen LogP contribution in [0, 0.1) is 0 Å². The van der Waals surface area contributed by atoms with Crippen LogP contribution in [-0.4, -0.2) is 12.5 Å². The Kier molecular flexibility index (Phi) is 3.18. The van der Waals surface area contributed by atoms with E-state index in [4.69, 9.17) is 4.74 Å². The Hall–Kier alpha value is -1.57. The number of allylic oxidation sites excluding steroid dienone is 1. The lowest BCUT2D eigenvalue weighted by Gasteiger charge is -1.99. The van der Waals surface area contributed by atoms with Crippen LogP contribution in [0.4, 0.5) is 5.69 Å². The van der Waals surface area contributed by atoms with Crippen molar-refractivity contribution in [1.29, 1.82) is 0 Å². The Labute approximate surface area is 90.3 Å². The highest BCUT2D eigenvalue weighted by Gasteiger charge is 2.15. The summed E-state index contributed by atoms with van der Waals surface area (Å²) in [7, 11) is 0. The van der Waals surface area contributed by atoms with E-state index in [-0.39, 0.29) is 0 Å². The summed E-state index contributed by atoms with van der Waals surface area (Å²) in [5.74, 6) is 0.794. The van der Waals surface area contributed by atoms with Crippen molar-refractivity contribution in [2.45, 2.75) is 19.8 Å². The van der Waals surface area contributed by atoms with E-state index in [9.17, 15) is 0 Å². The SMILES string of the molecule is CC/C=C1\CCO\C1=N/c1ccccc1. The van der Waals surface area contributed by atoms with Crippen LogP contribution in [0.5, 0.6) is 0 Å². The van der Waals surface area contributed by atoms with Gasteiger partial charge in [-0.2, -0.15) is 0 Å². The average molecular weight is 201 g/mol. The fourth-order valence-corrected chi connectivity index (χ4v) is 1.62. The number of para-hydroxylation sites is 1. The maximum atomic E-state index is 5.50. The molecule has 0 bridgehead atoms. The quantitative estimate of drug-likeness (QED) is 0.718. The third kappa shape index (κ3) is 2.46. The second-order valence-corrected chi connectivity index (χ2v) is 3.49. The van der Waals surface area contributed by atoms with Gasteiger partial charge in [-0.1, -0.05) is 31.2 Å². The summed E-state index contributed by atoms with van der Waals surface area (Å²) in [5, 5.41) is 0. The number of rotatable bonds is 2. The summed E-state index contributed by atoms with van der Waals surface area (Å²) in [6.45, 7) is 2.89. The summed E-state index contributed by atoms with van der Waals surface area (Å²) in [6.07, 6.45) is 4.21. The highest BCUT2D eigenvalue weighted by Crippen LogP contribution is 2.20. The molecule has 1 fully saturated rings. The van der Waals surface area contributed by atoms with Crippen molar-refractivity contribution in [2.75, 3.05) is 6.61 Å². The monoisotopic (exact) mass is 201 g/mol. The summed E-state index contributed by atoms with van der Waals surface area (Å²) in [4.78, 5) is 4.48. The first-order valence-corrected chi connectivity index (χ1v) is 5.36. The molecule has 0 aliphatic carbocycles. The van der Waals surface area contributed by atoms with E-state index in [0.717, 1.165) is 31.0 Å². The summed E-state index contributed by atoms with van der Waals surface area (Å²) < 4.78 is 5.50. The van der Waals surface area contributed by atoms with Gasteiger partial charge in [0.05, 0.1) is 12.3 Å². The third-order valence-corrected chi connectivity index (χ3v) is 2.32. The zero-order chi connectivity index (χ0) is 10.5. The van der Waals surface area contributed by atoms with E-state index in [2.05, 4.69) is 18.0 Å². The van der Waals surface area contributed by atoms with Gasteiger partial charge in [-0.05, 0) is 18.6 Å². The van der Waals surface area contributed by atoms with Crippen molar-refractivity contribution < 1.29 is 4.74 Å². The third-order valence-electron chi connectivity index (χ3n) is 2.32. The molecule has 1 heterocycles. The Morgan fingerprint density at radius 2 is 2.13 bits per heavy atom. The maximum absolute atomic E-state index is 5.50. The fourth-order valence-electron chi connectivity index (χ4n) is 1.62. The molecule has 1 aliphatic rings. The van der Waals surface area contributed by atoms with E-state index in [1.807, 2.05) is 30.3 Å². The van der Waals surface area contributed by atoms with E-state index >= 15 is 0 Å². The topological polar surface area (TPSA) is 21.6 Å².